The smallest absolute Gasteiger partial charge is 0.251 e. The van der Waals surface area contributed by atoms with Crippen LogP contribution in [0.15, 0.2) is 48.5 Å². The highest BCUT2D eigenvalue weighted by molar-refractivity contribution is 5.98. The number of aliphatic hydroxyl groups excluding tert-OH is 2. The number of Topliss-reactive ketones (excluding diaryl/α,β-unsaturated/α-hetero) is 1. The van der Waals surface area contributed by atoms with Crippen molar-refractivity contribution in [1.82, 2.24) is 10.2 Å². The van der Waals surface area contributed by atoms with Crippen LogP contribution in [0, 0.1) is 11.8 Å². The highest BCUT2D eigenvalue weighted by Crippen LogP contribution is 2.10. The van der Waals surface area contributed by atoms with Crippen molar-refractivity contribution < 1.29 is 29.3 Å². The number of aliphatic hydroxyl groups is 2. The first-order valence-corrected chi connectivity index (χ1v) is 11.3. The van der Waals surface area contributed by atoms with Gasteiger partial charge in [-0.1, -0.05) is 11.8 Å². The van der Waals surface area contributed by atoms with Gasteiger partial charge in [0.15, 0.2) is 5.78 Å². The molecule has 9 heteroatoms. The third-order valence-corrected chi connectivity index (χ3v) is 5.41. The van der Waals surface area contributed by atoms with Crippen molar-refractivity contribution >= 4 is 23.3 Å². The number of benzene rings is 2. The summed E-state index contributed by atoms with van der Waals surface area (Å²) in [7, 11) is 0. The SMILES string of the molecule is C[C@@H](O)[C@H](NC(=O)c1ccc(C#Cc2ccc(NC(=O)CN3CCOCC3)cc2)cc1)C(=O)CO. The first-order chi connectivity index (χ1) is 16.9. The molecule has 2 aromatic rings. The predicted molar refractivity (Wildman–Crippen MR) is 130 cm³/mol. The van der Waals surface area contributed by atoms with Crippen molar-refractivity contribution in [3.8, 4) is 11.8 Å². The number of morpholine rings is 1. The van der Waals surface area contributed by atoms with Gasteiger partial charge in [-0.25, -0.2) is 0 Å². The summed E-state index contributed by atoms with van der Waals surface area (Å²) in [6.07, 6.45) is -1.13. The number of anilines is 1. The standard InChI is InChI=1S/C26H29N3O6/c1-18(31)25(23(32)17-30)28-26(34)21-8-4-19(5-9-21)2-3-20-6-10-22(11-7-20)27-24(33)16-29-12-14-35-15-13-29/h4-11,18,25,30-31H,12-17H2,1H3,(H,27,33)(H,28,34)/t18-,25+/m1/s1. The summed E-state index contributed by atoms with van der Waals surface area (Å²) in [4.78, 5) is 38.3. The summed E-state index contributed by atoms with van der Waals surface area (Å²) < 4.78 is 5.29. The van der Waals surface area contributed by atoms with Crippen LogP contribution in [-0.4, -0.2) is 84.3 Å². The molecule has 0 aromatic heterocycles. The second-order valence-corrected chi connectivity index (χ2v) is 8.16. The lowest BCUT2D eigenvalue weighted by atomic mass is 10.1. The van der Waals surface area contributed by atoms with E-state index in [9.17, 15) is 19.5 Å². The van der Waals surface area contributed by atoms with Gasteiger partial charge in [-0.05, 0) is 55.5 Å². The van der Waals surface area contributed by atoms with E-state index in [4.69, 9.17) is 9.84 Å². The zero-order valence-electron chi connectivity index (χ0n) is 19.5. The minimum absolute atomic E-state index is 0.0737. The second kappa shape index (κ2) is 12.8. The van der Waals surface area contributed by atoms with Crippen LogP contribution < -0.4 is 10.6 Å². The number of carbonyl (C=O) groups is 3. The number of ketones is 1. The Labute approximate surface area is 204 Å². The maximum Gasteiger partial charge on any atom is 0.251 e. The van der Waals surface area contributed by atoms with Gasteiger partial charge in [0.25, 0.3) is 5.91 Å². The molecule has 1 aliphatic rings. The van der Waals surface area contributed by atoms with Crippen LogP contribution in [0.25, 0.3) is 0 Å². The third-order valence-electron chi connectivity index (χ3n) is 5.41. The van der Waals surface area contributed by atoms with E-state index in [2.05, 4.69) is 22.5 Å². The van der Waals surface area contributed by atoms with Gasteiger partial charge < -0.3 is 25.6 Å². The van der Waals surface area contributed by atoms with Gasteiger partial charge in [0.2, 0.25) is 5.91 Å². The molecule has 2 aromatic carbocycles. The molecular formula is C26H29N3O6. The summed E-state index contributed by atoms with van der Waals surface area (Å²) >= 11 is 0. The lowest BCUT2D eigenvalue weighted by molar-refractivity contribution is -0.126. The molecule has 4 N–H and O–H groups in total. The number of nitrogens with zero attached hydrogens (tertiary/aromatic N) is 1. The van der Waals surface area contributed by atoms with Gasteiger partial charge in [0.1, 0.15) is 12.6 Å². The number of hydrogen-bond donors (Lipinski definition) is 4. The Balaban J connectivity index is 1.54. The Kier molecular flexibility index (Phi) is 9.52. The van der Waals surface area contributed by atoms with Crippen LogP contribution in [0.4, 0.5) is 5.69 Å². The Bertz CT molecular complexity index is 1080. The Hall–Kier alpha value is -3.55. The predicted octanol–water partition coefficient (Wildman–Crippen LogP) is 0.398. The summed E-state index contributed by atoms with van der Waals surface area (Å²) in [5, 5.41) is 24.0. The molecule has 0 saturated carbocycles. The zero-order valence-corrected chi connectivity index (χ0v) is 19.5. The average molecular weight is 480 g/mol. The molecule has 0 spiro atoms. The molecular weight excluding hydrogens is 450 g/mol. The maximum atomic E-state index is 12.4. The van der Waals surface area contributed by atoms with E-state index >= 15 is 0 Å². The van der Waals surface area contributed by atoms with Gasteiger partial charge in [-0.2, -0.15) is 0 Å². The Morgan fingerprint density at radius 3 is 2.11 bits per heavy atom. The lowest BCUT2D eigenvalue weighted by Gasteiger charge is -2.25. The van der Waals surface area contributed by atoms with Crippen LogP contribution in [0.3, 0.4) is 0 Å². The molecule has 1 aliphatic heterocycles. The number of rotatable bonds is 8. The molecule has 184 valence electrons. The van der Waals surface area contributed by atoms with E-state index < -0.39 is 30.4 Å². The van der Waals surface area contributed by atoms with Crippen LogP contribution >= 0.6 is 0 Å². The van der Waals surface area contributed by atoms with Crippen molar-refractivity contribution in [1.29, 1.82) is 0 Å². The number of amides is 2. The topological polar surface area (TPSA) is 128 Å². The average Bonchev–Trinajstić information content (AvgIpc) is 2.87. The van der Waals surface area contributed by atoms with E-state index in [1.807, 2.05) is 17.0 Å². The summed E-state index contributed by atoms with van der Waals surface area (Å²) in [6, 6.07) is 12.5. The van der Waals surface area contributed by atoms with Crippen molar-refractivity contribution in [2.75, 3.05) is 44.8 Å². The lowest BCUT2D eigenvalue weighted by Crippen LogP contribution is -2.48. The van der Waals surface area contributed by atoms with Gasteiger partial charge >= 0.3 is 0 Å². The van der Waals surface area contributed by atoms with Crippen molar-refractivity contribution in [3.05, 3.63) is 65.2 Å². The molecule has 1 heterocycles. The van der Waals surface area contributed by atoms with Crippen LogP contribution in [0.2, 0.25) is 0 Å². The fourth-order valence-corrected chi connectivity index (χ4v) is 3.44. The van der Waals surface area contributed by atoms with E-state index in [1.54, 1.807) is 36.4 Å². The Morgan fingerprint density at radius 2 is 1.57 bits per heavy atom. The second-order valence-electron chi connectivity index (χ2n) is 8.16. The van der Waals surface area contributed by atoms with E-state index in [1.165, 1.54) is 6.92 Å². The highest BCUT2D eigenvalue weighted by atomic mass is 16.5. The minimum Gasteiger partial charge on any atom is -0.391 e. The first-order valence-electron chi connectivity index (χ1n) is 11.3. The molecule has 0 radical (unpaired) electrons. The molecule has 0 bridgehead atoms. The van der Waals surface area contributed by atoms with Crippen LogP contribution in [-0.2, 0) is 14.3 Å². The van der Waals surface area contributed by atoms with Crippen LogP contribution in [0.5, 0.6) is 0 Å². The molecule has 3 rings (SSSR count). The van der Waals surface area contributed by atoms with Gasteiger partial charge in [-0.3, -0.25) is 19.3 Å². The fourth-order valence-electron chi connectivity index (χ4n) is 3.44. The maximum absolute atomic E-state index is 12.4. The third kappa shape index (κ3) is 8.02. The molecule has 9 nitrogen and oxygen atoms in total. The molecule has 0 unspecified atom stereocenters. The summed E-state index contributed by atoms with van der Waals surface area (Å²) in [5.41, 5.74) is 2.44. The number of hydrogen-bond acceptors (Lipinski definition) is 7. The van der Waals surface area contributed by atoms with E-state index in [0.717, 1.165) is 18.7 Å². The quantitative estimate of drug-likeness (QED) is 0.404. The molecule has 35 heavy (non-hydrogen) atoms. The largest absolute Gasteiger partial charge is 0.391 e. The van der Waals surface area contributed by atoms with Crippen molar-refractivity contribution in [2.24, 2.45) is 0 Å². The fraction of sp³-hybridized carbons (Fsp3) is 0.346. The number of nitrogens with one attached hydrogen (secondary N) is 2. The number of ether oxygens (including phenoxy) is 1. The van der Waals surface area contributed by atoms with Gasteiger partial charge in [0.05, 0.1) is 25.9 Å². The molecule has 0 aliphatic carbocycles. The zero-order chi connectivity index (χ0) is 25.2. The normalized spacial score (nSPS) is 15.3. The molecule has 2 atom stereocenters. The molecule has 1 saturated heterocycles. The molecule has 1 fully saturated rings. The summed E-state index contributed by atoms with van der Waals surface area (Å²) in [6.45, 7) is 3.71. The molecule has 2 amide bonds. The van der Waals surface area contributed by atoms with Gasteiger partial charge in [0, 0.05) is 35.5 Å². The monoisotopic (exact) mass is 479 g/mol. The highest BCUT2D eigenvalue weighted by Gasteiger charge is 2.25. The number of carbonyl (C=O) groups excluding carboxylic acids is 3. The van der Waals surface area contributed by atoms with Crippen LogP contribution in [0.1, 0.15) is 28.4 Å². The van der Waals surface area contributed by atoms with E-state index in [-0.39, 0.29) is 5.91 Å². The summed E-state index contributed by atoms with van der Waals surface area (Å²) in [5.74, 6) is 4.77. The van der Waals surface area contributed by atoms with Crippen molar-refractivity contribution in [2.45, 2.75) is 19.1 Å². The van der Waals surface area contributed by atoms with Gasteiger partial charge in [-0.15, -0.1) is 0 Å². The Morgan fingerprint density at radius 1 is 1.00 bits per heavy atom. The van der Waals surface area contributed by atoms with E-state index in [0.29, 0.717) is 36.6 Å². The first kappa shape index (κ1) is 26.1. The minimum atomic E-state index is -1.18. The van der Waals surface area contributed by atoms with Crippen molar-refractivity contribution in [3.63, 3.8) is 0 Å².